The number of esters is 1. The summed E-state index contributed by atoms with van der Waals surface area (Å²) >= 11 is 0. The second-order valence-electron chi connectivity index (χ2n) is 7.56. The van der Waals surface area contributed by atoms with Gasteiger partial charge in [0, 0.05) is 49.5 Å². The van der Waals surface area contributed by atoms with Crippen LogP contribution in [0.5, 0.6) is 0 Å². The maximum atomic E-state index is 12.6. The van der Waals surface area contributed by atoms with Crippen LogP contribution in [0.4, 0.5) is 0 Å². The Morgan fingerprint density at radius 2 is 1.90 bits per heavy atom. The second kappa shape index (κ2) is 9.69. The summed E-state index contributed by atoms with van der Waals surface area (Å²) in [6, 6.07) is 6.07. The van der Waals surface area contributed by atoms with Crippen molar-refractivity contribution in [2.75, 3.05) is 19.7 Å². The van der Waals surface area contributed by atoms with Crippen molar-refractivity contribution in [1.29, 1.82) is 0 Å². The highest BCUT2D eigenvalue weighted by Crippen LogP contribution is 2.17. The molecule has 156 valence electrons. The minimum atomic E-state index is -0.339. The van der Waals surface area contributed by atoms with Crippen molar-refractivity contribution in [3.05, 3.63) is 53.1 Å². The quantitative estimate of drug-likeness (QED) is 0.725. The summed E-state index contributed by atoms with van der Waals surface area (Å²) in [6.07, 6.45) is 5.52. The molecule has 1 aliphatic rings. The normalized spacial score (nSPS) is 15.3. The maximum absolute atomic E-state index is 12.6. The Morgan fingerprint density at radius 3 is 2.55 bits per heavy atom. The predicted octanol–water partition coefficient (Wildman–Crippen LogP) is 2.46. The van der Waals surface area contributed by atoms with E-state index in [1.54, 1.807) is 13.0 Å². The molecule has 0 spiro atoms. The van der Waals surface area contributed by atoms with Crippen LogP contribution < -0.4 is 5.32 Å². The fraction of sp³-hybridized carbons (Fsp3) is 0.500. The Labute approximate surface area is 172 Å². The zero-order valence-electron chi connectivity index (χ0n) is 17.5. The number of pyridine rings is 1. The van der Waals surface area contributed by atoms with E-state index in [4.69, 9.17) is 4.74 Å². The lowest BCUT2D eigenvalue weighted by Crippen LogP contribution is -2.45. The largest absolute Gasteiger partial charge is 0.462 e. The molecule has 7 heteroatoms. The molecule has 0 aliphatic carbocycles. The number of ether oxygens (including phenoxy) is 1. The minimum Gasteiger partial charge on any atom is -0.462 e. The van der Waals surface area contributed by atoms with Gasteiger partial charge in [-0.3, -0.25) is 14.7 Å². The van der Waals surface area contributed by atoms with E-state index < -0.39 is 0 Å². The summed E-state index contributed by atoms with van der Waals surface area (Å²) in [7, 11) is 0. The molecule has 29 heavy (non-hydrogen) atoms. The van der Waals surface area contributed by atoms with Crippen molar-refractivity contribution < 1.29 is 14.3 Å². The monoisotopic (exact) mass is 398 g/mol. The maximum Gasteiger partial charge on any atom is 0.339 e. The number of aryl methyl sites for hydroxylation is 1. The summed E-state index contributed by atoms with van der Waals surface area (Å²) in [5.74, 6) is -0.358. The van der Waals surface area contributed by atoms with E-state index in [0.29, 0.717) is 12.2 Å². The molecule has 0 saturated carbocycles. The summed E-state index contributed by atoms with van der Waals surface area (Å²) in [5, 5.41) is 3.16. The van der Waals surface area contributed by atoms with Crippen molar-refractivity contribution in [3.8, 4) is 0 Å². The van der Waals surface area contributed by atoms with Gasteiger partial charge in [-0.15, -0.1) is 0 Å². The molecule has 0 bridgehead atoms. The van der Waals surface area contributed by atoms with Gasteiger partial charge in [0.15, 0.2) is 0 Å². The average Bonchev–Trinajstić information content (AvgIpc) is 2.99. The van der Waals surface area contributed by atoms with Gasteiger partial charge in [-0.05, 0) is 57.4 Å². The molecule has 7 nitrogen and oxygen atoms in total. The molecule has 2 aromatic heterocycles. The molecule has 1 amide bonds. The first kappa shape index (κ1) is 21.0. The highest BCUT2D eigenvalue weighted by Gasteiger charge is 2.22. The van der Waals surface area contributed by atoms with Gasteiger partial charge in [0.2, 0.25) is 5.91 Å². The lowest BCUT2D eigenvalue weighted by molar-refractivity contribution is -0.122. The molecule has 3 heterocycles. The average molecular weight is 399 g/mol. The van der Waals surface area contributed by atoms with E-state index in [1.807, 2.05) is 42.9 Å². The van der Waals surface area contributed by atoms with Crippen LogP contribution in [0, 0.1) is 13.8 Å². The number of likely N-dealkylation sites (tertiary alicyclic amines) is 1. The van der Waals surface area contributed by atoms with E-state index in [2.05, 4.69) is 15.2 Å². The number of piperidine rings is 1. The number of nitrogens with zero attached hydrogens (tertiary/aromatic N) is 3. The van der Waals surface area contributed by atoms with Gasteiger partial charge < -0.3 is 14.6 Å². The highest BCUT2D eigenvalue weighted by atomic mass is 16.5. The third-order valence-electron chi connectivity index (χ3n) is 5.48. The van der Waals surface area contributed by atoms with Crippen LogP contribution >= 0.6 is 0 Å². The molecule has 0 aromatic carbocycles. The molecule has 2 aromatic rings. The molecule has 1 N–H and O–H groups in total. The summed E-state index contributed by atoms with van der Waals surface area (Å²) in [5.41, 5.74) is 3.44. The van der Waals surface area contributed by atoms with Crippen molar-refractivity contribution in [2.45, 2.75) is 52.7 Å². The number of aromatic nitrogens is 2. The van der Waals surface area contributed by atoms with E-state index in [1.165, 1.54) is 5.56 Å². The van der Waals surface area contributed by atoms with Gasteiger partial charge >= 0.3 is 5.97 Å². The van der Waals surface area contributed by atoms with Gasteiger partial charge in [0.1, 0.15) is 6.54 Å². The Balaban J connectivity index is 1.50. The molecule has 0 unspecified atom stereocenters. The van der Waals surface area contributed by atoms with Gasteiger partial charge in [-0.2, -0.15) is 0 Å². The van der Waals surface area contributed by atoms with Crippen LogP contribution in [0.1, 0.15) is 47.1 Å². The third-order valence-corrected chi connectivity index (χ3v) is 5.48. The highest BCUT2D eigenvalue weighted by molar-refractivity contribution is 5.91. The van der Waals surface area contributed by atoms with Gasteiger partial charge in [0.25, 0.3) is 0 Å². The molecular weight excluding hydrogens is 368 g/mol. The first-order valence-corrected chi connectivity index (χ1v) is 10.2. The summed E-state index contributed by atoms with van der Waals surface area (Å²) in [6.45, 7) is 8.93. The van der Waals surface area contributed by atoms with E-state index in [0.717, 1.165) is 43.9 Å². The van der Waals surface area contributed by atoms with Crippen molar-refractivity contribution in [1.82, 2.24) is 19.8 Å². The molecule has 1 saturated heterocycles. The van der Waals surface area contributed by atoms with Gasteiger partial charge in [-0.25, -0.2) is 4.79 Å². The van der Waals surface area contributed by atoms with Crippen LogP contribution in [0.15, 0.2) is 30.6 Å². The first-order valence-electron chi connectivity index (χ1n) is 10.2. The van der Waals surface area contributed by atoms with Crippen LogP contribution in [0.25, 0.3) is 0 Å². The Bertz CT molecular complexity index is 839. The zero-order chi connectivity index (χ0) is 20.8. The minimum absolute atomic E-state index is 0.0187. The number of hydrogen-bond donors (Lipinski definition) is 1. The second-order valence-corrected chi connectivity index (χ2v) is 7.56. The van der Waals surface area contributed by atoms with Crippen molar-refractivity contribution >= 4 is 11.9 Å². The summed E-state index contributed by atoms with van der Waals surface area (Å²) < 4.78 is 6.97. The lowest BCUT2D eigenvalue weighted by Gasteiger charge is -2.32. The van der Waals surface area contributed by atoms with E-state index >= 15 is 0 Å². The molecule has 0 atom stereocenters. The number of nitrogens with one attached hydrogen (secondary N) is 1. The number of rotatable bonds is 7. The Hall–Kier alpha value is -2.67. The predicted molar refractivity (Wildman–Crippen MR) is 111 cm³/mol. The van der Waals surface area contributed by atoms with Crippen molar-refractivity contribution in [3.63, 3.8) is 0 Å². The fourth-order valence-corrected chi connectivity index (χ4v) is 3.86. The number of carbonyl (C=O) groups is 2. The Kier molecular flexibility index (Phi) is 7.04. The van der Waals surface area contributed by atoms with E-state index in [9.17, 15) is 9.59 Å². The molecular formula is C22H30N4O3. The third kappa shape index (κ3) is 5.44. The van der Waals surface area contributed by atoms with E-state index in [-0.39, 0.29) is 24.5 Å². The number of hydrogen-bond acceptors (Lipinski definition) is 5. The number of amides is 1. The smallest absolute Gasteiger partial charge is 0.339 e. The summed E-state index contributed by atoms with van der Waals surface area (Å²) in [4.78, 5) is 31.1. The molecule has 1 fully saturated rings. The topological polar surface area (TPSA) is 76.5 Å². The number of carbonyl (C=O) groups excluding carboxylic acids is 2. The molecule has 0 radical (unpaired) electrons. The van der Waals surface area contributed by atoms with Gasteiger partial charge in [0.05, 0.1) is 12.2 Å². The first-order chi connectivity index (χ1) is 14.0. The van der Waals surface area contributed by atoms with Crippen molar-refractivity contribution in [2.24, 2.45) is 0 Å². The van der Waals surface area contributed by atoms with Crippen LogP contribution in [0.2, 0.25) is 0 Å². The van der Waals surface area contributed by atoms with Crippen LogP contribution in [0.3, 0.4) is 0 Å². The zero-order valence-corrected chi connectivity index (χ0v) is 17.5. The fourth-order valence-electron chi connectivity index (χ4n) is 3.86. The Morgan fingerprint density at radius 1 is 1.21 bits per heavy atom. The van der Waals surface area contributed by atoms with Crippen LogP contribution in [-0.4, -0.2) is 52.1 Å². The van der Waals surface area contributed by atoms with Crippen LogP contribution in [-0.2, 0) is 22.6 Å². The SMILES string of the molecule is CCOC(=O)c1cc(C)n(CC(=O)NC2CCN(Cc3ccncc3)CC2)c1C. The van der Waals surface area contributed by atoms with Gasteiger partial charge in [-0.1, -0.05) is 0 Å². The molecule has 1 aliphatic heterocycles. The standard InChI is InChI=1S/C22H30N4O3/c1-4-29-22(28)20-13-16(2)26(17(20)3)15-21(27)24-19-7-11-25(12-8-19)14-18-5-9-23-10-6-18/h5-6,9-10,13,19H,4,7-8,11-12,14-15H2,1-3H3,(H,24,27). The molecule has 3 rings (SSSR count). The lowest BCUT2D eigenvalue weighted by atomic mass is 10.0.